The highest BCUT2D eigenvalue weighted by molar-refractivity contribution is 7.91. The molecule has 11 heteroatoms. The number of amides is 1. The molecular formula is C24H28ClF3N2O4S. The Morgan fingerprint density at radius 1 is 1.17 bits per heavy atom. The summed E-state index contributed by atoms with van der Waals surface area (Å²) in [6, 6.07) is 6.86. The highest BCUT2D eigenvalue weighted by Gasteiger charge is 2.36. The number of rotatable bonds is 5. The van der Waals surface area contributed by atoms with Gasteiger partial charge in [0.25, 0.3) is 0 Å². The van der Waals surface area contributed by atoms with Crippen molar-refractivity contribution in [3.05, 3.63) is 47.0 Å². The Balaban J connectivity index is 1.77. The Hall–Kier alpha value is -2.46. The number of halogens is 4. The lowest BCUT2D eigenvalue weighted by Gasteiger charge is -2.28. The van der Waals surface area contributed by atoms with Crippen molar-refractivity contribution in [2.24, 2.45) is 0 Å². The van der Waals surface area contributed by atoms with Crippen LogP contribution in [-0.4, -0.2) is 43.4 Å². The number of nitrogens with two attached hydrogens (primary N) is 1. The zero-order valence-corrected chi connectivity index (χ0v) is 21.2. The van der Waals surface area contributed by atoms with Crippen molar-refractivity contribution in [1.82, 2.24) is 4.90 Å². The fourth-order valence-electron chi connectivity index (χ4n) is 4.08. The Labute approximate surface area is 208 Å². The van der Waals surface area contributed by atoms with Crippen LogP contribution in [-0.2, 0) is 20.8 Å². The molecule has 1 amide bonds. The summed E-state index contributed by atoms with van der Waals surface area (Å²) in [5.74, 6) is -0.216. The molecule has 1 aliphatic heterocycles. The number of anilines is 1. The number of ether oxygens (including phenoxy) is 1. The third kappa shape index (κ3) is 6.61. The van der Waals surface area contributed by atoms with E-state index < -0.39 is 33.3 Å². The van der Waals surface area contributed by atoms with Gasteiger partial charge in [-0.25, -0.2) is 13.2 Å². The van der Waals surface area contributed by atoms with Gasteiger partial charge in [-0.3, -0.25) is 0 Å². The van der Waals surface area contributed by atoms with Crippen molar-refractivity contribution in [2.45, 2.75) is 62.7 Å². The van der Waals surface area contributed by atoms with E-state index in [1.54, 1.807) is 25.7 Å². The molecule has 35 heavy (non-hydrogen) atoms. The summed E-state index contributed by atoms with van der Waals surface area (Å²) in [4.78, 5) is 14.0. The zero-order valence-electron chi connectivity index (χ0n) is 19.7. The molecule has 0 aliphatic carbocycles. The van der Waals surface area contributed by atoms with E-state index in [4.69, 9.17) is 22.1 Å². The maximum absolute atomic E-state index is 13.5. The highest BCUT2D eigenvalue weighted by atomic mass is 35.5. The van der Waals surface area contributed by atoms with Crippen molar-refractivity contribution in [1.29, 1.82) is 0 Å². The average molecular weight is 533 g/mol. The van der Waals surface area contributed by atoms with Gasteiger partial charge in [0.2, 0.25) is 0 Å². The van der Waals surface area contributed by atoms with Crippen LogP contribution in [0, 0.1) is 0 Å². The van der Waals surface area contributed by atoms with Crippen molar-refractivity contribution in [3.63, 3.8) is 0 Å². The quantitative estimate of drug-likeness (QED) is 0.465. The van der Waals surface area contributed by atoms with Gasteiger partial charge < -0.3 is 15.4 Å². The molecule has 1 fully saturated rings. The predicted molar refractivity (Wildman–Crippen MR) is 129 cm³/mol. The van der Waals surface area contributed by atoms with E-state index in [2.05, 4.69) is 0 Å². The normalized spacial score (nSPS) is 17.0. The second-order valence-corrected chi connectivity index (χ2v) is 12.0. The minimum atomic E-state index is -4.69. The fourth-order valence-corrected chi connectivity index (χ4v) is 5.79. The molecular weight excluding hydrogens is 505 g/mol. The molecule has 0 radical (unpaired) electrons. The monoisotopic (exact) mass is 532 g/mol. The van der Waals surface area contributed by atoms with E-state index >= 15 is 0 Å². The van der Waals surface area contributed by atoms with Gasteiger partial charge in [0.05, 0.1) is 21.2 Å². The van der Waals surface area contributed by atoms with E-state index in [-0.39, 0.29) is 44.9 Å². The number of nitrogen functional groups attached to an aromatic ring is 1. The first-order chi connectivity index (χ1) is 16.1. The first-order valence-corrected chi connectivity index (χ1v) is 13.1. The van der Waals surface area contributed by atoms with Gasteiger partial charge in [-0.05, 0) is 69.9 Å². The van der Waals surface area contributed by atoms with Crippen LogP contribution in [0.5, 0.6) is 0 Å². The van der Waals surface area contributed by atoms with Crippen LogP contribution in [0.1, 0.15) is 45.6 Å². The molecule has 1 aliphatic rings. The second-order valence-electron chi connectivity index (χ2n) is 9.52. The summed E-state index contributed by atoms with van der Waals surface area (Å²) in [7, 11) is -3.74. The molecule has 1 saturated heterocycles. The minimum absolute atomic E-state index is 0.0248. The summed E-state index contributed by atoms with van der Waals surface area (Å²) in [6.07, 6.45) is -3.51. The first kappa shape index (κ1) is 27.1. The summed E-state index contributed by atoms with van der Waals surface area (Å²) >= 11 is 6.07. The van der Waals surface area contributed by atoms with E-state index in [1.807, 2.05) is 0 Å². The third-order valence-electron chi connectivity index (χ3n) is 5.65. The number of nitrogens with zero attached hydrogens (tertiary/aromatic N) is 1. The molecule has 0 saturated carbocycles. The van der Waals surface area contributed by atoms with Gasteiger partial charge in [0, 0.05) is 23.8 Å². The van der Waals surface area contributed by atoms with Gasteiger partial charge in [-0.1, -0.05) is 23.7 Å². The lowest BCUT2D eigenvalue weighted by Crippen LogP contribution is -2.40. The Kier molecular flexibility index (Phi) is 7.67. The van der Waals surface area contributed by atoms with Crippen LogP contribution >= 0.6 is 11.6 Å². The van der Waals surface area contributed by atoms with Crippen molar-refractivity contribution < 1.29 is 31.1 Å². The van der Waals surface area contributed by atoms with E-state index in [0.29, 0.717) is 13.0 Å². The highest BCUT2D eigenvalue weighted by Crippen LogP contribution is 2.42. The van der Waals surface area contributed by atoms with E-state index in [0.717, 1.165) is 12.5 Å². The van der Waals surface area contributed by atoms with Gasteiger partial charge in [0.15, 0.2) is 9.84 Å². The van der Waals surface area contributed by atoms with Crippen LogP contribution in [0.2, 0.25) is 5.02 Å². The fraction of sp³-hybridized carbons (Fsp3) is 0.458. The standard InChI is InChI=1S/C24H28ClF3N2O4S/c1-23(2,3)34-22(31)30-11-4-5-17(30)10-12-35(32,33)18-8-6-15(7-9-18)21-19(24(26,27)28)13-16(29)14-20(21)25/h6-9,13-14,17H,4-5,10-12,29H2,1-3H3. The van der Waals surface area contributed by atoms with Crippen LogP contribution in [0.4, 0.5) is 23.7 Å². The van der Waals surface area contributed by atoms with Crippen LogP contribution in [0.3, 0.4) is 0 Å². The number of benzene rings is 2. The smallest absolute Gasteiger partial charge is 0.417 e. The number of carbonyl (C=O) groups is 1. The van der Waals surface area contributed by atoms with Crippen LogP contribution in [0.25, 0.3) is 11.1 Å². The molecule has 6 nitrogen and oxygen atoms in total. The molecule has 1 heterocycles. The first-order valence-electron chi connectivity index (χ1n) is 11.1. The van der Waals surface area contributed by atoms with Gasteiger partial charge >= 0.3 is 12.3 Å². The van der Waals surface area contributed by atoms with Gasteiger partial charge in [0.1, 0.15) is 5.60 Å². The van der Waals surface area contributed by atoms with Crippen molar-refractivity contribution in [2.75, 3.05) is 18.0 Å². The maximum Gasteiger partial charge on any atom is 0.417 e. The second kappa shape index (κ2) is 9.89. The molecule has 0 bridgehead atoms. The Morgan fingerprint density at radius 2 is 1.80 bits per heavy atom. The molecule has 192 valence electrons. The lowest BCUT2D eigenvalue weighted by molar-refractivity contribution is -0.137. The zero-order chi connectivity index (χ0) is 26.2. The number of alkyl halides is 3. The summed E-state index contributed by atoms with van der Waals surface area (Å²) in [6.45, 7) is 5.79. The van der Waals surface area contributed by atoms with E-state index in [1.165, 1.54) is 30.3 Å². The molecule has 0 aromatic heterocycles. The van der Waals surface area contributed by atoms with Gasteiger partial charge in [-0.15, -0.1) is 0 Å². The van der Waals surface area contributed by atoms with Gasteiger partial charge in [-0.2, -0.15) is 13.2 Å². The average Bonchev–Trinajstić information content (AvgIpc) is 3.19. The molecule has 1 atom stereocenters. The topological polar surface area (TPSA) is 89.7 Å². The maximum atomic E-state index is 13.5. The third-order valence-corrected chi connectivity index (χ3v) is 7.71. The number of hydrogen-bond acceptors (Lipinski definition) is 5. The van der Waals surface area contributed by atoms with E-state index in [9.17, 15) is 26.4 Å². The lowest BCUT2D eigenvalue weighted by atomic mass is 9.98. The molecule has 2 aromatic carbocycles. The van der Waals surface area contributed by atoms with Crippen LogP contribution in [0.15, 0.2) is 41.3 Å². The predicted octanol–water partition coefficient (Wildman–Crippen LogP) is 6.17. The van der Waals surface area contributed by atoms with Crippen LogP contribution < -0.4 is 5.73 Å². The largest absolute Gasteiger partial charge is 0.444 e. The summed E-state index contributed by atoms with van der Waals surface area (Å²) in [5, 5.41) is -0.184. The number of likely N-dealkylation sites (tertiary alicyclic amines) is 1. The molecule has 2 N–H and O–H groups in total. The summed E-state index contributed by atoms with van der Waals surface area (Å²) in [5.41, 5.74) is 3.60. The molecule has 1 unspecified atom stereocenters. The Bertz CT molecular complexity index is 1190. The summed E-state index contributed by atoms with van der Waals surface area (Å²) < 4.78 is 71.9. The van der Waals surface area contributed by atoms with Crippen molar-refractivity contribution >= 4 is 33.2 Å². The number of sulfone groups is 1. The number of carbonyl (C=O) groups excluding carboxylic acids is 1. The SMILES string of the molecule is CC(C)(C)OC(=O)N1CCCC1CCS(=O)(=O)c1ccc(-c2c(Cl)cc(N)cc2C(F)(F)F)cc1. The molecule has 0 spiro atoms. The molecule has 3 rings (SSSR count). The minimum Gasteiger partial charge on any atom is -0.444 e. The number of hydrogen-bond donors (Lipinski definition) is 1. The van der Waals surface area contributed by atoms with Crippen molar-refractivity contribution in [3.8, 4) is 11.1 Å². The Morgan fingerprint density at radius 3 is 2.37 bits per heavy atom. The molecule has 2 aromatic rings.